The Morgan fingerprint density at radius 3 is 2.26 bits per heavy atom. The second kappa shape index (κ2) is 7.98. The predicted octanol–water partition coefficient (Wildman–Crippen LogP) is 3.34. The van der Waals surface area contributed by atoms with Gasteiger partial charge in [-0.2, -0.15) is 5.26 Å². The molecule has 1 aliphatic heterocycles. The Kier molecular flexibility index (Phi) is 5.08. The number of aromatic nitrogens is 2. The molecule has 0 bridgehead atoms. The smallest absolute Gasteiger partial charge is 0.225 e. The van der Waals surface area contributed by atoms with E-state index >= 15 is 0 Å². The van der Waals surface area contributed by atoms with Crippen molar-refractivity contribution in [1.82, 2.24) is 14.9 Å². The zero-order chi connectivity index (χ0) is 18.5. The minimum atomic E-state index is 0.713. The van der Waals surface area contributed by atoms with Crippen LogP contribution in [0.25, 0.3) is 11.1 Å². The van der Waals surface area contributed by atoms with Gasteiger partial charge in [-0.25, -0.2) is 9.97 Å². The van der Waals surface area contributed by atoms with Gasteiger partial charge in [0, 0.05) is 45.1 Å². The minimum absolute atomic E-state index is 0.713. The molecule has 1 fully saturated rings. The molecular formula is C22H21N5. The van der Waals surface area contributed by atoms with Gasteiger partial charge in [0.25, 0.3) is 0 Å². The molecule has 0 N–H and O–H groups in total. The zero-order valence-electron chi connectivity index (χ0n) is 15.1. The van der Waals surface area contributed by atoms with Crippen molar-refractivity contribution in [2.75, 3.05) is 31.1 Å². The molecule has 0 radical (unpaired) electrons. The van der Waals surface area contributed by atoms with Gasteiger partial charge in [0.1, 0.15) is 0 Å². The number of piperazine rings is 1. The van der Waals surface area contributed by atoms with Crippen molar-refractivity contribution in [3.8, 4) is 17.2 Å². The highest BCUT2D eigenvalue weighted by atomic mass is 15.3. The number of nitrogens with zero attached hydrogens (tertiary/aromatic N) is 5. The van der Waals surface area contributed by atoms with Crippen LogP contribution in [-0.4, -0.2) is 41.0 Å². The van der Waals surface area contributed by atoms with Crippen molar-refractivity contribution >= 4 is 5.95 Å². The van der Waals surface area contributed by atoms with E-state index in [2.05, 4.69) is 50.1 Å². The molecular weight excluding hydrogens is 334 g/mol. The lowest BCUT2D eigenvalue weighted by Crippen LogP contribution is -2.46. The van der Waals surface area contributed by atoms with Crippen LogP contribution in [0.15, 0.2) is 67.0 Å². The maximum atomic E-state index is 9.28. The molecule has 1 aliphatic rings. The Labute approximate surface area is 159 Å². The Hall–Kier alpha value is -3.23. The van der Waals surface area contributed by atoms with Crippen LogP contribution in [0.2, 0.25) is 0 Å². The molecule has 0 atom stereocenters. The third kappa shape index (κ3) is 3.97. The monoisotopic (exact) mass is 355 g/mol. The first kappa shape index (κ1) is 17.2. The summed E-state index contributed by atoms with van der Waals surface area (Å²) in [5.74, 6) is 0.817. The van der Waals surface area contributed by atoms with Crippen LogP contribution in [-0.2, 0) is 6.54 Å². The molecule has 2 aromatic carbocycles. The Bertz CT molecular complexity index is 923. The number of rotatable bonds is 4. The van der Waals surface area contributed by atoms with Crippen molar-refractivity contribution in [1.29, 1.82) is 5.26 Å². The number of nitriles is 1. The Morgan fingerprint density at radius 2 is 1.56 bits per heavy atom. The van der Waals surface area contributed by atoms with E-state index < -0.39 is 0 Å². The fourth-order valence-corrected chi connectivity index (χ4v) is 3.44. The summed E-state index contributed by atoms with van der Waals surface area (Å²) >= 11 is 0. The average molecular weight is 355 g/mol. The van der Waals surface area contributed by atoms with Crippen LogP contribution in [0.5, 0.6) is 0 Å². The molecule has 0 spiro atoms. The highest BCUT2D eigenvalue weighted by Gasteiger charge is 2.18. The van der Waals surface area contributed by atoms with E-state index in [0.717, 1.165) is 49.8 Å². The second-order valence-electron chi connectivity index (χ2n) is 6.67. The third-order valence-corrected chi connectivity index (χ3v) is 4.93. The van der Waals surface area contributed by atoms with Gasteiger partial charge in [0.05, 0.1) is 11.6 Å². The molecule has 5 heteroatoms. The lowest BCUT2D eigenvalue weighted by molar-refractivity contribution is 0.248. The van der Waals surface area contributed by atoms with Gasteiger partial charge in [-0.1, -0.05) is 42.5 Å². The summed E-state index contributed by atoms with van der Waals surface area (Å²) < 4.78 is 0. The maximum absolute atomic E-state index is 9.28. The molecule has 4 rings (SSSR count). The number of anilines is 1. The summed E-state index contributed by atoms with van der Waals surface area (Å²) in [4.78, 5) is 13.4. The first-order valence-electron chi connectivity index (χ1n) is 9.16. The molecule has 0 unspecified atom stereocenters. The highest BCUT2D eigenvalue weighted by molar-refractivity contribution is 5.70. The van der Waals surface area contributed by atoms with E-state index in [9.17, 15) is 5.26 Å². The molecule has 3 aromatic rings. The van der Waals surface area contributed by atoms with Crippen LogP contribution in [0.3, 0.4) is 0 Å². The van der Waals surface area contributed by atoms with Crippen molar-refractivity contribution < 1.29 is 0 Å². The van der Waals surface area contributed by atoms with Crippen molar-refractivity contribution in [3.63, 3.8) is 0 Å². The zero-order valence-corrected chi connectivity index (χ0v) is 15.1. The summed E-state index contributed by atoms with van der Waals surface area (Å²) in [7, 11) is 0. The lowest BCUT2D eigenvalue weighted by atomic mass is 9.99. The summed E-state index contributed by atoms with van der Waals surface area (Å²) in [5, 5.41) is 9.28. The van der Waals surface area contributed by atoms with E-state index in [0.29, 0.717) is 5.56 Å². The van der Waals surface area contributed by atoms with Gasteiger partial charge in [0.15, 0.2) is 0 Å². The van der Waals surface area contributed by atoms with Crippen molar-refractivity contribution in [2.24, 2.45) is 0 Å². The molecule has 0 amide bonds. The Morgan fingerprint density at radius 1 is 0.852 bits per heavy atom. The molecule has 0 saturated carbocycles. The van der Waals surface area contributed by atoms with Gasteiger partial charge in [-0.05, 0) is 28.8 Å². The number of hydrogen-bond donors (Lipinski definition) is 0. The van der Waals surface area contributed by atoms with Crippen LogP contribution in [0, 0.1) is 11.3 Å². The Balaban J connectivity index is 1.38. The fraction of sp³-hybridized carbons (Fsp3) is 0.227. The van der Waals surface area contributed by atoms with Crippen LogP contribution in [0.1, 0.15) is 11.1 Å². The van der Waals surface area contributed by atoms with Gasteiger partial charge < -0.3 is 4.90 Å². The molecule has 134 valence electrons. The summed E-state index contributed by atoms with van der Waals surface area (Å²) in [5.41, 5.74) is 4.08. The van der Waals surface area contributed by atoms with Crippen LogP contribution in [0.4, 0.5) is 5.95 Å². The predicted molar refractivity (Wildman–Crippen MR) is 106 cm³/mol. The van der Waals surface area contributed by atoms with E-state index in [1.165, 1.54) is 5.56 Å². The van der Waals surface area contributed by atoms with E-state index in [1.54, 1.807) is 12.4 Å². The first-order valence-corrected chi connectivity index (χ1v) is 9.16. The van der Waals surface area contributed by atoms with E-state index in [4.69, 9.17) is 0 Å². The highest BCUT2D eigenvalue weighted by Crippen LogP contribution is 2.24. The SMILES string of the molecule is N#Cc1ccccc1-c1ccc(CN2CCN(c3ncccn3)CC2)cc1. The molecule has 27 heavy (non-hydrogen) atoms. The normalized spacial score (nSPS) is 14.7. The second-order valence-corrected chi connectivity index (χ2v) is 6.67. The fourth-order valence-electron chi connectivity index (χ4n) is 3.44. The number of benzene rings is 2. The third-order valence-electron chi connectivity index (χ3n) is 4.93. The quantitative estimate of drug-likeness (QED) is 0.718. The lowest BCUT2D eigenvalue weighted by Gasteiger charge is -2.34. The molecule has 5 nitrogen and oxygen atoms in total. The van der Waals surface area contributed by atoms with Gasteiger partial charge in [-0.3, -0.25) is 4.90 Å². The summed E-state index contributed by atoms with van der Waals surface area (Å²) in [6.07, 6.45) is 3.58. The first-order chi connectivity index (χ1) is 13.3. The van der Waals surface area contributed by atoms with E-state index in [-0.39, 0.29) is 0 Å². The van der Waals surface area contributed by atoms with Crippen molar-refractivity contribution in [3.05, 3.63) is 78.1 Å². The van der Waals surface area contributed by atoms with Gasteiger partial charge in [-0.15, -0.1) is 0 Å². The molecule has 0 aliphatic carbocycles. The summed E-state index contributed by atoms with van der Waals surface area (Å²) in [6, 6.07) is 20.4. The van der Waals surface area contributed by atoms with Crippen LogP contribution < -0.4 is 4.90 Å². The molecule has 1 saturated heterocycles. The van der Waals surface area contributed by atoms with Gasteiger partial charge in [0.2, 0.25) is 5.95 Å². The average Bonchev–Trinajstić information content (AvgIpc) is 2.75. The topological polar surface area (TPSA) is 56.1 Å². The maximum Gasteiger partial charge on any atom is 0.225 e. The van der Waals surface area contributed by atoms with E-state index in [1.807, 2.05) is 30.3 Å². The molecule has 1 aromatic heterocycles. The molecule has 2 heterocycles. The van der Waals surface area contributed by atoms with Gasteiger partial charge >= 0.3 is 0 Å². The summed E-state index contributed by atoms with van der Waals surface area (Å²) in [6.45, 7) is 4.81. The largest absolute Gasteiger partial charge is 0.338 e. The minimum Gasteiger partial charge on any atom is -0.338 e. The number of hydrogen-bond acceptors (Lipinski definition) is 5. The standard InChI is InChI=1S/C22H21N5/c23-16-20-4-1-2-5-21(20)19-8-6-18(7-9-19)17-26-12-14-27(15-13-26)22-24-10-3-11-25-22/h1-11H,12-15,17H2. The van der Waals surface area contributed by atoms with Crippen LogP contribution >= 0.6 is 0 Å². The van der Waals surface area contributed by atoms with Crippen molar-refractivity contribution in [2.45, 2.75) is 6.54 Å².